The molecule has 0 N–H and O–H groups in total. The molecule has 2 aliphatic carbocycles. The molecular formula is C20H23O. The highest BCUT2D eigenvalue weighted by Gasteiger charge is 2.36. The first-order chi connectivity index (χ1) is 10.4. The van der Waals surface area contributed by atoms with Gasteiger partial charge in [-0.2, -0.15) is 0 Å². The largest absolute Gasteiger partial charge is 0.489 e. The molecule has 0 amide bonds. The van der Waals surface area contributed by atoms with Gasteiger partial charge in [0, 0.05) is 6.07 Å². The normalized spacial score (nSPS) is 29.0. The molecule has 2 aromatic carbocycles. The third-order valence-electron chi connectivity index (χ3n) is 5.42. The molecule has 1 heteroatoms. The number of ether oxygens (including phenoxy) is 1. The van der Waals surface area contributed by atoms with Crippen molar-refractivity contribution in [3.05, 3.63) is 42.5 Å². The van der Waals surface area contributed by atoms with E-state index in [1.54, 1.807) is 0 Å². The Morgan fingerprint density at radius 3 is 2.71 bits per heavy atom. The first-order valence-electron chi connectivity index (χ1n) is 8.48. The van der Waals surface area contributed by atoms with Gasteiger partial charge in [-0.15, -0.1) is 0 Å². The summed E-state index contributed by atoms with van der Waals surface area (Å²) >= 11 is 0. The van der Waals surface area contributed by atoms with E-state index in [1.807, 2.05) is 0 Å². The average molecular weight is 279 g/mol. The van der Waals surface area contributed by atoms with Gasteiger partial charge in [0.2, 0.25) is 0 Å². The Kier molecular flexibility index (Phi) is 3.58. The van der Waals surface area contributed by atoms with Crippen molar-refractivity contribution >= 4 is 10.8 Å². The zero-order valence-electron chi connectivity index (χ0n) is 12.6. The summed E-state index contributed by atoms with van der Waals surface area (Å²) in [5.41, 5.74) is 0. The molecular weight excluding hydrogens is 256 g/mol. The fraction of sp³-hybridized carbons (Fsp3) is 0.500. The standard InChI is InChI=1S/C20H23O/c1-2-8-17-14-18(13-12-15(17)6-1)21-20-11-5-9-16-7-3-4-10-19(16)20/h1-2,6,8,12-13,16,19-20H,3-5,7,9-11H2. The van der Waals surface area contributed by atoms with Crippen LogP contribution in [0.2, 0.25) is 0 Å². The molecule has 2 aliphatic rings. The molecule has 4 rings (SSSR count). The van der Waals surface area contributed by atoms with Crippen molar-refractivity contribution in [2.24, 2.45) is 11.8 Å². The summed E-state index contributed by atoms with van der Waals surface area (Å²) in [5.74, 6) is 2.63. The number of hydrogen-bond donors (Lipinski definition) is 0. The van der Waals surface area contributed by atoms with Crippen LogP contribution in [-0.4, -0.2) is 6.10 Å². The zero-order valence-corrected chi connectivity index (χ0v) is 12.6. The lowest BCUT2D eigenvalue weighted by molar-refractivity contribution is 0.0276. The van der Waals surface area contributed by atoms with Gasteiger partial charge in [0.05, 0.1) is 0 Å². The maximum absolute atomic E-state index is 6.38. The molecule has 0 spiro atoms. The molecule has 0 aromatic heterocycles. The molecule has 0 heterocycles. The first kappa shape index (κ1) is 13.2. The van der Waals surface area contributed by atoms with Crippen LogP contribution in [0, 0.1) is 17.9 Å². The van der Waals surface area contributed by atoms with Crippen LogP contribution in [0.15, 0.2) is 36.4 Å². The molecule has 1 nitrogen and oxygen atoms in total. The van der Waals surface area contributed by atoms with Crippen LogP contribution in [0.3, 0.4) is 0 Å². The predicted octanol–water partition coefficient (Wildman–Crippen LogP) is 5.38. The lowest BCUT2D eigenvalue weighted by atomic mass is 9.69. The van der Waals surface area contributed by atoms with Crippen LogP contribution in [0.5, 0.6) is 5.75 Å². The summed E-state index contributed by atoms with van der Waals surface area (Å²) in [7, 11) is 0. The van der Waals surface area contributed by atoms with Crippen LogP contribution >= 0.6 is 0 Å². The Morgan fingerprint density at radius 1 is 0.857 bits per heavy atom. The van der Waals surface area contributed by atoms with Crippen molar-refractivity contribution in [1.82, 2.24) is 0 Å². The molecule has 0 bridgehead atoms. The third-order valence-corrected chi connectivity index (χ3v) is 5.42. The molecule has 1 radical (unpaired) electrons. The highest BCUT2D eigenvalue weighted by atomic mass is 16.5. The van der Waals surface area contributed by atoms with Crippen LogP contribution < -0.4 is 4.74 Å². The van der Waals surface area contributed by atoms with Crippen LogP contribution in [0.4, 0.5) is 0 Å². The quantitative estimate of drug-likeness (QED) is 0.717. The number of benzene rings is 2. The van der Waals surface area contributed by atoms with Crippen molar-refractivity contribution < 1.29 is 4.74 Å². The maximum atomic E-state index is 6.38. The fourth-order valence-electron chi connectivity index (χ4n) is 4.35. The molecule has 2 saturated carbocycles. The maximum Gasteiger partial charge on any atom is 0.128 e. The second-order valence-corrected chi connectivity index (χ2v) is 6.71. The van der Waals surface area contributed by atoms with E-state index in [4.69, 9.17) is 4.74 Å². The lowest BCUT2D eigenvalue weighted by Gasteiger charge is -2.41. The molecule has 21 heavy (non-hydrogen) atoms. The summed E-state index contributed by atoms with van der Waals surface area (Å²) < 4.78 is 6.38. The predicted molar refractivity (Wildman–Crippen MR) is 86.5 cm³/mol. The average Bonchev–Trinajstić information content (AvgIpc) is 2.55. The highest BCUT2D eigenvalue weighted by Crippen LogP contribution is 2.42. The summed E-state index contributed by atoms with van der Waals surface area (Å²) in [4.78, 5) is 0. The molecule has 0 aliphatic heterocycles. The van der Waals surface area contributed by atoms with Gasteiger partial charge in [0.25, 0.3) is 0 Å². The second-order valence-electron chi connectivity index (χ2n) is 6.71. The van der Waals surface area contributed by atoms with Crippen molar-refractivity contribution in [1.29, 1.82) is 0 Å². The number of rotatable bonds is 2. The second kappa shape index (κ2) is 5.71. The molecule has 0 saturated heterocycles. The Labute approximate surface area is 127 Å². The van der Waals surface area contributed by atoms with E-state index in [1.165, 1.54) is 50.3 Å². The monoisotopic (exact) mass is 279 g/mol. The Morgan fingerprint density at radius 2 is 1.71 bits per heavy atom. The smallest absolute Gasteiger partial charge is 0.128 e. The van der Waals surface area contributed by atoms with Crippen molar-refractivity contribution in [2.75, 3.05) is 0 Å². The summed E-state index contributed by atoms with van der Waals surface area (Å²) in [6, 6.07) is 16.1. The van der Waals surface area contributed by atoms with E-state index >= 15 is 0 Å². The topological polar surface area (TPSA) is 9.23 Å². The van der Waals surface area contributed by atoms with E-state index in [9.17, 15) is 0 Å². The minimum Gasteiger partial charge on any atom is -0.489 e. The Hall–Kier alpha value is -1.50. The van der Waals surface area contributed by atoms with Gasteiger partial charge in [-0.05, 0) is 54.4 Å². The summed E-state index contributed by atoms with van der Waals surface area (Å²) in [6.07, 6.45) is 10.0. The zero-order chi connectivity index (χ0) is 14.1. The molecule has 2 fully saturated rings. The van der Waals surface area contributed by atoms with E-state index in [0.29, 0.717) is 6.10 Å². The fourth-order valence-corrected chi connectivity index (χ4v) is 4.35. The van der Waals surface area contributed by atoms with E-state index in [0.717, 1.165) is 23.0 Å². The summed E-state index contributed by atoms with van der Waals surface area (Å²) in [5, 5.41) is 2.40. The minimum absolute atomic E-state index is 0.418. The molecule has 109 valence electrons. The molecule has 3 atom stereocenters. The number of fused-ring (bicyclic) bond motifs is 2. The van der Waals surface area contributed by atoms with E-state index < -0.39 is 0 Å². The lowest BCUT2D eigenvalue weighted by Crippen LogP contribution is -2.38. The Balaban J connectivity index is 1.55. The van der Waals surface area contributed by atoms with Crippen LogP contribution in [0.25, 0.3) is 10.8 Å². The van der Waals surface area contributed by atoms with Gasteiger partial charge >= 0.3 is 0 Å². The van der Waals surface area contributed by atoms with Gasteiger partial charge in [-0.25, -0.2) is 0 Å². The van der Waals surface area contributed by atoms with Crippen LogP contribution in [-0.2, 0) is 0 Å². The van der Waals surface area contributed by atoms with Gasteiger partial charge in [0.15, 0.2) is 0 Å². The van der Waals surface area contributed by atoms with E-state index in [2.05, 4.69) is 42.5 Å². The van der Waals surface area contributed by atoms with Gasteiger partial charge in [-0.3, -0.25) is 0 Å². The number of hydrogen-bond acceptors (Lipinski definition) is 1. The third kappa shape index (κ3) is 2.66. The van der Waals surface area contributed by atoms with Crippen molar-refractivity contribution in [3.8, 4) is 5.75 Å². The Bertz CT molecular complexity index is 616. The molecule has 2 aromatic rings. The summed E-state index contributed by atoms with van der Waals surface area (Å²) in [6.45, 7) is 0. The highest BCUT2D eigenvalue weighted by molar-refractivity contribution is 5.83. The SMILES string of the molecule is [c]1c(OC2CCCC3CCCCC32)ccc2ccccc12. The van der Waals surface area contributed by atoms with Crippen LogP contribution in [0.1, 0.15) is 44.9 Å². The minimum atomic E-state index is 0.418. The van der Waals surface area contributed by atoms with Crippen molar-refractivity contribution in [2.45, 2.75) is 51.0 Å². The van der Waals surface area contributed by atoms with Gasteiger partial charge in [0.1, 0.15) is 11.9 Å². The van der Waals surface area contributed by atoms with E-state index in [-0.39, 0.29) is 0 Å². The molecule has 3 unspecified atom stereocenters. The first-order valence-corrected chi connectivity index (χ1v) is 8.48. The van der Waals surface area contributed by atoms with Gasteiger partial charge < -0.3 is 4.74 Å². The van der Waals surface area contributed by atoms with Gasteiger partial charge in [-0.1, -0.05) is 49.6 Å². The van der Waals surface area contributed by atoms with Crippen molar-refractivity contribution in [3.63, 3.8) is 0 Å².